The number of hydrogen-bond acceptors (Lipinski definition) is 4. The van der Waals surface area contributed by atoms with Gasteiger partial charge in [0, 0.05) is 32.4 Å². The molecule has 0 radical (unpaired) electrons. The number of carbonyl (C=O) groups excluding carboxylic acids is 1. The predicted molar refractivity (Wildman–Crippen MR) is 79.2 cm³/mol. The van der Waals surface area contributed by atoms with E-state index in [0.717, 1.165) is 39.0 Å². The van der Waals surface area contributed by atoms with E-state index in [9.17, 15) is 13.2 Å². The van der Waals surface area contributed by atoms with E-state index in [0.29, 0.717) is 12.5 Å². The largest absolute Gasteiger partial charge is 0.340 e. The summed E-state index contributed by atoms with van der Waals surface area (Å²) >= 11 is 0. The molecule has 1 unspecified atom stereocenters. The molecule has 20 heavy (non-hydrogen) atoms. The van der Waals surface area contributed by atoms with Crippen molar-refractivity contribution in [2.45, 2.75) is 26.7 Å². The molecule has 5 nitrogen and oxygen atoms in total. The predicted octanol–water partition coefficient (Wildman–Crippen LogP) is 0.611. The van der Waals surface area contributed by atoms with E-state index in [1.54, 1.807) is 4.90 Å². The molecule has 0 aromatic heterocycles. The second kappa shape index (κ2) is 5.64. The fourth-order valence-corrected chi connectivity index (χ4v) is 3.96. The van der Waals surface area contributed by atoms with E-state index in [1.165, 1.54) is 6.26 Å². The van der Waals surface area contributed by atoms with Crippen LogP contribution in [0.15, 0.2) is 0 Å². The monoisotopic (exact) mass is 302 g/mol. The summed E-state index contributed by atoms with van der Waals surface area (Å²) in [4.78, 5) is 16.5. The second-order valence-electron chi connectivity index (χ2n) is 6.87. The molecule has 2 aliphatic rings. The molecule has 0 aromatic rings. The molecule has 2 fully saturated rings. The molecule has 0 N–H and O–H groups in total. The van der Waals surface area contributed by atoms with Crippen LogP contribution in [0.5, 0.6) is 0 Å². The van der Waals surface area contributed by atoms with Crippen molar-refractivity contribution in [2.24, 2.45) is 11.3 Å². The van der Waals surface area contributed by atoms with Crippen LogP contribution in [0, 0.1) is 11.3 Å². The minimum atomic E-state index is -2.99. The van der Waals surface area contributed by atoms with Gasteiger partial charge >= 0.3 is 0 Å². The van der Waals surface area contributed by atoms with Crippen LogP contribution in [0.4, 0.5) is 0 Å². The number of piperidine rings is 1. The van der Waals surface area contributed by atoms with E-state index in [-0.39, 0.29) is 17.1 Å². The molecule has 0 saturated carbocycles. The molecule has 6 heteroatoms. The maximum Gasteiger partial charge on any atom is 0.231 e. The molecule has 2 heterocycles. The van der Waals surface area contributed by atoms with Gasteiger partial charge in [0.05, 0.1) is 11.2 Å². The van der Waals surface area contributed by atoms with Crippen LogP contribution in [-0.2, 0) is 14.6 Å². The minimum Gasteiger partial charge on any atom is -0.340 e. The van der Waals surface area contributed by atoms with Gasteiger partial charge in [-0.1, -0.05) is 13.8 Å². The van der Waals surface area contributed by atoms with Crippen molar-refractivity contribution in [3.05, 3.63) is 0 Å². The van der Waals surface area contributed by atoms with Gasteiger partial charge in [-0.05, 0) is 25.3 Å². The summed E-state index contributed by atoms with van der Waals surface area (Å²) in [6.45, 7) is 8.44. The molecule has 0 aromatic carbocycles. The minimum absolute atomic E-state index is 0.0739. The number of amides is 1. The van der Waals surface area contributed by atoms with Crippen LogP contribution in [0.3, 0.4) is 0 Å². The van der Waals surface area contributed by atoms with E-state index in [4.69, 9.17) is 0 Å². The van der Waals surface area contributed by atoms with Crippen LogP contribution >= 0.6 is 0 Å². The van der Waals surface area contributed by atoms with Gasteiger partial charge in [-0.2, -0.15) is 0 Å². The zero-order valence-electron chi connectivity index (χ0n) is 12.8. The summed E-state index contributed by atoms with van der Waals surface area (Å²) < 4.78 is 22.4. The number of sulfone groups is 1. The lowest BCUT2D eigenvalue weighted by Gasteiger charge is -2.53. The van der Waals surface area contributed by atoms with Crippen molar-refractivity contribution in [1.29, 1.82) is 0 Å². The highest BCUT2D eigenvalue weighted by Crippen LogP contribution is 2.40. The smallest absolute Gasteiger partial charge is 0.231 e. The Morgan fingerprint density at radius 1 is 1.30 bits per heavy atom. The standard InChI is InChI=1S/C14H26N2O3S/c1-12(2)9-15-6-4-5-14(10-15)11-16(13(14)17)7-8-20(3,18)19/h12H,4-11H2,1-3H3. The lowest BCUT2D eigenvalue weighted by Crippen LogP contribution is -2.67. The molecule has 2 aliphatic heterocycles. The van der Waals surface area contributed by atoms with Gasteiger partial charge in [0.1, 0.15) is 9.84 Å². The van der Waals surface area contributed by atoms with Gasteiger partial charge in [0.15, 0.2) is 0 Å². The Hall–Kier alpha value is -0.620. The van der Waals surface area contributed by atoms with E-state index in [2.05, 4.69) is 18.7 Å². The van der Waals surface area contributed by atoms with Crippen molar-refractivity contribution in [3.63, 3.8) is 0 Å². The van der Waals surface area contributed by atoms with Crippen molar-refractivity contribution in [2.75, 3.05) is 44.7 Å². The first-order chi connectivity index (χ1) is 9.22. The van der Waals surface area contributed by atoms with Crippen molar-refractivity contribution < 1.29 is 13.2 Å². The lowest BCUT2D eigenvalue weighted by atomic mass is 9.72. The molecule has 2 rings (SSSR count). The van der Waals surface area contributed by atoms with Crippen LogP contribution in [0.2, 0.25) is 0 Å². The van der Waals surface area contributed by atoms with Gasteiger partial charge in [0.25, 0.3) is 0 Å². The van der Waals surface area contributed by atoms with Gasteiger partial charge < -0.3 is 9.80 Å². The summed E-state index contributed by atoms with van der Waals surface area (Å²) in [5.74, 6) is 0.848. The van der Waals surface area contributed by atoms with Gasteiger partial charge in [0.2, 0.25) is 5.91 Å². The summed E-state index contributed by atoms with van der Waals surface area (Å²) in [6, 6.07) is 0. The molecular weight excluding hydrogens is 276 g/mol. The second-order valence-corrected chi connectivity index (χ2v) is 9.13. The number of likely N-dealkylation sites (tertiary alicyclic amines) is 2. The maximum atomic E-state index is 12.4. The first kappa shape index (κ1) is 15.8. The number of carbonyl (C=O) groups is 1. The molecule has 1 spiro atoms. The van der Waals surface area contributed by atoms with Crippen LogP contribution in [0.1, 0.15) is 26.7 Å². The van der Waals surface area contributed by atoms with Gasteiger partial charge in [-0.15, -0.1) is 0 Å². The zero-order chi connectivity index (χ0) is 15.0. The van der Waals surface area contributed by atoms with E-state index in [1.807, 2.05) is 0 Å². The van der Waals surface area contributed by atoms with Crippen LogP contribution < -0.4 is 0 Å². The first-order valence-electron chi connectivity index (χ1n) is 7.41. The fraction of sp³-hybridized carbons (Fsp3) is 0.929. The zero-order valence-corrected chi connectivity index (χ0v) is 13.6. The Kier molecular flexibility index (Phi) is 4.44. The highest BCUT2D eigenvalue weighted by atomic mass is 32.2. The third-order valence-corrected chi connectivity index (χ3v) is 5.17. The topological polar surface area (TPSA) is 57.7 Å². The Balaban J connectivity index is 1.89. The molecule has 2 saturated heterocycles. The molecule has 1 atom stereocenters. The lowest BCUT2D eigenvalue weighted by molar-refractivity contribution is -0.165. The Labute approximate surface area is 122 Å². The number of β-lactam (4-membered cyclic amide) rings is 1. The maximum absolute atomic E-state index is 12.4. The van der Waals surface area contributed by atoms with Gasteiger partial charge in [-0.25, -0.2) is 8.42 Å². The number of nitrogens with zero attached hydrogens (tertiary/aromatic N) is 2. The third-order valence-electron chi connectivity index (χ3n) is 4.25. The highest BCUT2D eigenvalue weighted by molar-refractivity contribution is 7.90. The quantitative estimate of drug-likeness (QED) is 0.698. The summed E-state index contributed by atoms with van der Waals surface area (Å²) in [5.41, 5.74) is -0.218. The van der Waals surface area contributed by atoms with Crippen molar-refractivity contribution in [1.82, 2.24) is 9.80 Å². The first-order valence-corrected chi connectivity index (χ1v) is 9.47. The van der Waals surface area contributed by atoms with Crippen molar-refractivity contribution >= 4 is 15.7 Å². The summed E-state index contributed by atoms with van der Waals surface area (Å²) in [7, 11) is -2.99. The third kappa shape index (κ3) is 3.52. The molecule has 1 amide bonds. The number of rotatable bonds is 5. The molecule has 0 aliphatic carbocycles. The Bertz CT molecular complexity index is 475. The Morgan fingerprint density at radius 2 is 2.00 bits per heavy atom. The summed E-state index contributed by atoms with van der Waals surface area (Å²) in [6.07, 6.45) is 3.24. The fourth-order valence-electron chi connectivity index (χ4n) is 3.41. The van der Waals surface area contributed by atoms with Gasteiger partial charge in [-0.3, -0.25) is 4.79 Å². The molecule has 0 bridgehead atoms. The summed E-state index contributed by atoms with van der Waals surface area (Å²) in [5, 5.41) is 0. The van der Waals surface area contributed by atoms with Crippen LogP contribution in [0.25, 0.3) is 0 Å². The molecule has 116 valence electrons. The van der Waals surface area contributed by atoms with Crippen LogP contribution in [-0.4, -0.2) is 68.9 Å². The average Bonchev–Trinajstić information content (AvgIpc) is 2.32. The Morgan fingerprint density at radius 3 is 2.55 bits per heavy atom. The van der Waals surface area contributed by atoms with E-state index < -0.39 is 9.84 Å². The SMILES string of the molecule is CC(C)CN1CCCC2(C1)CN(CCS(C)(=O)=O)C2=O. The van der Waals surface area contributed by atoms with E-state index >= 15 is 0 Å². The van der Waals surface area contributed by atoms with Crippen molar-refractivity contribution in [3.8, 4) is 0 Å². The normalized spacial score (nSPS) is 28.2. The number of hydrogen-bond donors (Lipinski definition) is 0. The average molecular weight is 302 g/mol. The molecular formula is C14H26N2O3S. The highest BCUT2D eigenvalue weighted by Gasteiger charge is 2.53.